The number of aliphatic hydroxyl groups excluding tert-OH is 1. The fraction of sp³-hybridized carbons (Fsp3) is 0.571. The monoisotopic (exact) mass is 347 g/mol. The first kappa shape index (κ1) is 17.4. The van der Waals surface area contributed by atoms with Crippen molar-refractivity contribution < 1.29 is 19.3 Å². The van der Waals surface area contributed by atoms with Crippen LogP contribution in [-0.2, 0) is 16.0 Å². The van der Waals surface area contributed by atoms with Crippen molar-refractivity contribution >= 4 is 15.9 Å². The van der Waals surface area contributed by atoms with Crippen LogP contribution in [0.2, 0.25) is 0 Å². The van der Waals surface area contributed by atoms with Crippen molar-refractivity contribution in [1.29, 1.82) is 0 Å². The quantitative estimate of drug-likeness (QED) is 0.595. The molecule has 0 amide bonds. The van der Waals surface area contributed by atoms with Gasteiger partial charge in [0.15, 0.2) is 0 Å². The third-order valence-electron chi connectivity index (χ3n) is 2.56. The molecule has 1 rings (SSSR count). The number of benzene rings is 1. The Bertz CT molecular complexity index is 376. The number of rotatable bonds is 11. The molecule has 0 spiro atoms. The molecule has 0 saturated carbocycles. The third kappa shape index (κ3) is 6.67. The molecule has 0 aliphatic heterocycles. The van der Waals surface area contributed by atoms with Gasteiger partial charge in [0.2, 0.25) is 0 Å². The van der Waals surface area contributed by atoms with Crippen molar-refractivity contribution in [2.24, 2.45) is 0 Å². The maximum absolute atomic E-state index is 8.62. The van der Waals surface area contributed by atoms with E-state index in [4.69, 9.17) is 19.3 Å². The molecule has 0 atom stereocenters. The molecule has 0 aromatic heterocycles. The van der Waals surface area contributed by atoms with E-state index in [9.17, 15) is 0 Å². The maximum atomic E-state index is 8.62. The van der Waals surface area contributed by atoms with Crippen LogP contribution in [0.15, 0.2) is 22.7 Å². The lowest BCUT2D eigenvalue weighted by Gasteiger charge is -2.14. The number of para-hydroxylation sites is 1. The van der Waals surface area contributed by atoms with E-state index in [-0.39, 0.29) is 6.61 Å². The molecule has 0 aliphatic carbocycles. The Kier molecular flexibility index (Phi) is 9.61. The molecule has 20 heavy (non-hydrogen) atoms. The van der Waals surface area contributed by atoms with Gasteiger partial charge in [-0.2, -0.15) is 0 Å². The predicted molar refractivity (Wildman–Crippen MR) is 81.1 cm³/mol. The molecule has 5 nitrogen and oxygen atoms in total. The summed E-state index contributed by atoms with van der Waals surface area (Å²) in [6.07, 6.45) is 0. The minimum absolute atomic E-state index is 0.0314. The van der Waals surface area contributed by atoms with E-state index in [0.29, 0.717) is 26.4 Å². The standard InChI is InChI=1S/C14H22BrNO4/c1-18-7-5-16-11-12-3-2-4-13(15)14(12)20-10-9-19-8-6-17/h2-4,16-17H,5-11H2,1H3. The van der Waals surface area contributed by atoms with Crippen LogP contribution in [0.4, 0.5) is 0 Å². The number of methoxy groups -OCH3 is 1. The Morgan fingerprint density at radius 1 is 1.20 bits per heavy atom. The van der Waals surface area contributed by atoms with Crippen LogP contribution in [-0.4, -0.2) is 51.8 Å². The molecule has 0 aliphatic rings. The van der Waals surface area contributed by atoms with Crippen LogP contribution >= 0.6 is 15.9 Å². The zero-order valence-corrected chi connectivity index (χ0v) is 13.3. The SMILES string of the molecule is COCCNCc1cccc(Br)c1OCCOCCO. The normalized spacial score (nSPS) is 10.8. The van der Waals surface area contributed by atoms with Gasteiger partial charge in [-0.25, -0.2) is 0 Å². The van der Waals surface area contributed by atoms with E-state index < -0.39 is 0 Å². The molecule has 0 radical (unpaired) electrons. The largest absolute Gasteiger partial charge is 0.490 e. The van der Waals surface area contributed by atoms with Gasteiger partial charge < -0.3 is 24.6 Å². The number of ether oxygens (including phenoxy) is 3. The van der Waals surface area contributed by atoms with E-state index in [0.717, 1.165) is 28.9 Å². The summed E-state index contributed by atoms with van der Waals surface area (Å²) < 4.78 is 16.8. The first-order chi connectivity index (χ1) is 9.79. The fourth-order valence-corrected chi connectivity index (χ4v) is 2.14. The van der Waals surface area contributed by atoms with Crippen LogP contribution in [0, 0.1) is 0 Å². The van der Waals surface area contributed by atoms with Gasteiger partial charge in [-0.05, 0) is 22.0 Å². The van der Waals surface area contributed by atoms with Crippen molar-refractivity contribution in [3.8, 4) is 5.75 Å². The molecule has 1 aromatic carbocycles. The predicted octanol–water partition coefficient (Wildman–Crippen LogP) is 1.57. The molecule has 0 saturated heterocycles. The van der Waals surface area contributed by atoms with Crippen molar-refractivity contribution in [1.82, 2.24) is 5.32 Å². The smallest absolute Gasteiger partial charge is 0.138 e. The second-order valence-electron chi connectivity index (χ2n) is 4.08. The Morgan fingerprint density at radius 3 is 2.80 bits per heavy atom. The average Bonchev–Trinajstić information content (AvgIpc) is 2.45. The maximum Gasteiger partial charge on any atom is 0.138 e. The molecule has 114 valence electrons. The number of hydrogen-bond acceptors (Lipinski definition) is 5. The van der Waals surface area contributed by atoms with Crippen molar-refractivity contribution in [2.75, 3.05) is 46.7 Å². The van der Waals surface area contributed by atoms with Gasteiger partial charge in [-0.3, -0.25) is 0 Å². The molecular formula is C14H22BrNO4. The Hall–Kier alpha value is -0.660. The van der Waals surface area contributed by atoms with Crippen LogP contribution in [0.25, 0.3) is 0 Å². The summed E-state index contributed by atoms with van der Waals surface area (Å²) in [6.45, 7) is 3.47. The zero-order valence-electron chi connectivity index (χ0n) is 11.7. The van der Waals surface area contributed by atoms with Crippen molar-refractivity contribution in [3.05, 3.63) is 28.2 Å². The second kappa shape index (κ2) is 11.0. The second-order valence-corrected chi connectivity index (χ2v) is 4.94. The van der Waals surface area contributed by atoms with E-state index in [2.05, 4.69) is 21.2 Å². The summed E-state index contributed by atoms with van der Waals surface area (Å²) in [6, 6.07) is 5.95. The Morgan fingerprint density at radius 2 is 2.05 bits per heavy atom. The third-order valence-corrected chi connectivity index (χ3v) is 3.18. The van der Waals surface area contributed by atoms with E-state index in [1.165, 1.54) is 0 Å². The van der Waals surface area contributed by atoms with Gasteiger partial charge in [0.25, 0.3) is 0 Å². The van der Waals surface area contributed by atoms with Gasteiger partial charge >= 0.3 is 0 Å². The lowest BCUT2D eigenvalue weighted by molar-refractivity contribution is 0.0701. The van der Waals surface area contributed by atoms with E-state index >= 15 is 0 Å². The zero-order chi connectivity index (χ0) is 14.6. The molecule has 0 heterocycles. The minimum Gasteiger partial charge on any atom is -0.490 e. The summed E-state index contributed by atoms with van der Waals surface area (Å²) >= 11 is 3.49. The number of halogens is 1. The number of nitrogens with one attached hydrogen (secondary N) is 1. The topological polar surface area (TPSA) is 60.0 Å². The highest BCUT2D eigenvalue weighted by Crippen LogP contribution is 2.29. The average molecular weight is 348 g/mol. The van der Waals surface area contributed by atoms with Crippen molar-refractivity contribution in [3.63, 3.8) is 0 Å². The van der Waals surface area contributed by atoms with Crippen LogP contribution in [0.1, 0.15) is 5.56 Å². The first-order valence-corrected chi connectivity index (χ1v) is 7.37. The van der Waals surface area contributed by atoms with Crippen LogP contribution in [0.3, 0.4) is 0 Å². The van der Waals surface area contributed by atoms with Gasteiger partial charge in [-0.1, -0.05) is 12.1 Å². The summed E-state index contributed by atoms with van der Waals surface area (Å²) in [4.78, 5) is 0. The summed E-state index contributed by atoms with van der Waals surface area (Å²) in [5.74, 6) is 0.824. The number of hydrogen-bond donors (Lipinski definition) is 2. The molecule has 6 heteroatoms. The highest BCUT2D eigenvalue weighted by molar-refractivity contribution is 9.10. The molecule has 2 N–H and O–H groups in total. The highest BCUT2D eigenvalue weighted by atomic mass is 79.9. The Balaban J connectivity index is 2.45. The van der Waals surface area contributed by atoms with Crippen molar-refractivity contribution in [2.45, 2.75) is 6.54 Å². The number of aliphatic hydroxyl groups is 1. The lowest BCUT2D eigenvalue weighted by Crippen LogP contribution is -2.19. The van der Waals surface area contributed by atoms with Gasteiger partial charge in [0, 0.05) is 25.8 Å². The van der Waals surface area contributed by atoms with Gasteiger partial charge in [-0.15, -0.1) is 0 Å². The summed E-state index contributed by atoms with van der Waals surface area (Å²) in [5, 5.41) is 11.9. The summed E-state index contributed by atoms with van der Waals surface area (Å²) in [7, 11) is 1.68. The van der Waals surface area contributed by atoms with Gasteiger partial charge in [0.05, 0.1) is 30.9 Å². The van der Waals surface area contributed by atoms with Crippen LogP contribution < -0.4 is 10.1 Å². The molecule has 0 unspecified atom stereocenters. The highest BCUT2D eigenvalue weighted by Gasteiger charge is 2.07. The van der Waals surface area contributed by atoms with Gasteiger partial charge in [0.1, 0.15) is 12.4 Å². The molecule has 0 fully saturated rings. The van der Waals surface area contributed by atoms with E-state index in [1.54, 1.807) is 7.11 Å². The first-order valence-electron chi connectivity index (χ1n) is 6.58. The minimum atomic E-state index is 0.0314. The van der Waals surface area contributed by atoms with E-state index in [1.807, 2.05) is 18.2 Å². The van der Waals surface area contributed by atoms with Crippen LogP contribution in [0.5, 0.6) is 5.75 Å². The summed E-state index contributed by atoms with van der Waals surface area (Å²) in [5.41, 5.74) is 1.08. The molecular weight excluding hydrogens is 326 g/mol. The fourth-order valence-electron chi connectivity index (χ4n) is 1.62. The Labute approximate surface area is 128 Å². The molecule has 0 bridgehead atoms. The lowest BCUT2D eigenvalue weighted by atomic mass is 10.2. The molecule has 1 aromatic rings.